The van der Waals surface area contributed by atoms with Gasteiger partial charge in [-0.1, -0.05) is 17.7 Å². The highest BCUT2D eigenvalue weighted by molar-refractivity contribution is 7.91. The third-order valence-electron chi connectivity index (χ3n) is 5.63. The molecule has 2 fully saturated rings. The molecule has 6 nitrogen and oxygen atoms in total. The summed E-state index contributed by atoms with van der Waals surface area (Å²) in [6.07, 6.45) is 2.19. The van der Waals surface area contributed by atoms with Crippen LogP contribution in [0.5, 0.6) is 11.5 Å². The number of sulfone groups is 1. The molecule has 27 heavy (non-hydrogen) atoms. The van der Waals surface area contributed by atoms with Crippen molar-refractivity contribution in [3.8, 4) is 11.5 Å². The summed E-state index contributed by atoms with van der Waals surface area (Å²) >= 11 is 0. The molecule has 2 atom stereocenters. The van der Waals surface area contributed by atoms with Crippen LogP contribution in [0.25, 0.3) is 0 Å². The Morgan fingerprint density at radius 1 is 1.07 bits per heavy atom. The normalized spacial score (nSPS) is 27.2. The van der Waals surface area contributed by atoms with E-state index in [4.69, 9.17) is 9.47 Å². The van der Waals surface area contributed by atoms with Crippen LogP contribution < -0.4 is 9.47 Å². The Hall–Kier alpha value is -1.57. The average Bonchev–Trinajstić information content (AvgIpc) is 2.96. The van der Waals surface area contributed by atoms with E-state index in [1.807, 2.05) is 12.1 Å². The van der Waals surface area contributed by atoms with Crippen molar-refractivity contribution in [3.63, 3.8) is 0 Å². The lowest BCUT2D eigenvalue weighted by Gasteiger charge is -2.43. The average molecular weight is 393 g/mol. The quantitative estimate of drug-likeness (QED) is 0.727. The molecule has 2 saturated heterocycles. The molecule has 1 aromatic rings. The second-order valence-electron chi connectivity index (χ2n) is 7.94. The fraction of sp³-hybridized carbons (Fsp3) is 0.600. The molecule has 4 rings (SSSR count). The van der Waals surface area contributed by atoms with Crippen molar-refractivity contribution in [2.45, 2.75) is 32.5 Å². The van der Waals surface area contributed by atoms with Crippen molar-refractivity contribution in [3.05, 3.63) is 35.4 Å². The van der Waals surface area contributed by atoms with Gasteiger partial charge in [-0.3, -0.25) is 9.80 Å². The first-order chi connectivity index (χ1) is 12.9. The fourth-order valence-electron chi connectivity index (χ4n) is 4.24. The van der Waals surface area contributed by atoms with Gasteiger partial charge in [0.15, 0.2) is 21.3 Å². The van der Waals surface area contributed by atoms with Gasteiger partial charge in [-0.05, 0) is 31.5 Å². The van der Waals surface area contributed by atoms with E-state index in [1.54, 1.807) is 0 Å². The minimum atomic E-state index is -2.99. The first-order valence-electron chi connectivity index (χ1n) is 9.62. The predicted molar refractivity (Wildman–Crippen MR) is 105 cm³/mol. The molecule has 0 saturated carbocycles. The Kier molecular flexibility index (Phi) is 5.18. The molecule has 148 valence electrons. The van der Waals surface area contributed by atoms with Gasteiger partial charge >= 0.3 is 0 Å². The molecule has 2 unspecified atom stereocenters. The van der Waals surface area contributed by atoms with Gasteiger partial charge in [0.1, 0.15) is 13.2 Å². The van der Waals surface area contributed by atoms with Gasteiger partial charge in [-0.2, -0.15) is 0 Å². The molecule has 0 aliphatic carbocycles. The molecule has 0 N–H and O–H groups in total. The van der Waals surface area contributed by atoms with E-state index in [0.29, 0.717) is 13.2 Å². The highest BCUT2D eigenvalue weighted by atomic mass is 32.2. The molecule has 7 heteroatoms. The van der Waals surface area contributed by atoms with Gasteiger partial charge in [0, 0.05) is 38.3 Å². The lowest BCUT2D eigenvalue weighted by Crippen LogP contribution is -2.58. The summed E-state index contributed by atoms with van der Waals surface area (Å²) in [5.41, 5.74) is 2.41. The zero-order valence-electron chi connectivity index (χ0n) is 16.1. The van der Waals surface area contributed by atoms with E-state index in [2.05, 4.69) is 35.8 Å². The molecule has 0 bridgehead atoms. The minimum Gasteiger partial charge on any atom is -0.486 e. The Labute approximate surface area is 161 Å². The minimum absolute atomic E-state index is 0.0579. The summed E-state index contributed by atoms with van der Waals surface area (Å²) < 4.78 is 36.0. The van der Waals surface area contributed by atoms with Crippen LogP contribution in [-0.4, -0.2) is 74.7 Å². The van der Waals surface area contributed by atoms with Crippen LogP contribution in [0.3, 0.4) is 0 Å². The maximum Gasteiger partial charge on any atom is 0.161 e. The standard InChI is InChI=1S/C20H28N2O4S/c1-15(2)5-6-21-7-8-22(18-14-27(23,24)13-17(18)21)12-16-3-4-19-20(11-16)26-10-9-25-19/h3-5,11,17-18H,6-10,12-14H2,1-2H3. The summed E-state index contributed by atoms with van der Waals surface area (Å²) in [7, 11) is -2.99. The Morgan fingerprint density at radius 2 is 1.74 bits per heavy atom. The van der Waals surface area contributed by atoms with Gasteiger partial charge in [0.05, 0.1) is 11.5 Å². The number of fused-ring (bicyclic) bond motifs is 2. The summed E-state index contributed by atoms with van der Waals surface area (Å²) in [6.45, 7) is 8.67. The first kappa shape index (κ1) is 18.8. The number of rotatable bonds is 4. The second-order valence-corrected chi connectivity index (χ2v) is 10.1. The van der Waals surface area contributed by atoms with Crippen LogP contribution >= 0.6 is 0 Å². The molecule has 1 aromatic carbocycles. The van der Waals surface area contributed by atoms with E-state index in [0.717, 1.165) is 43.2 Å². The third kappa shape index (κ3) is 4.15. The van der Waals surface area contributed by atoms with Crippen LogP contribution in [0, 0.1) is 0 Å². The van der Waals surface area contributed by atoms with Crippen molar-refractivity contribution in [1.29, 1.82) is 0 Å². The smallest absolute Gasteiger partial charge is 0.161 e. The van der Waals surface area contributed by atoms with E-state index in [1.165, 1.54) is 5.57 Å². The summed E-state index contributed by atoms with van der Waals surface area (Å²) in [5, 5.41) is 0. The highest BCUT2D eigenvalue weighted by Crippen LogP contribution is 2.33. The Bertz CT molecular complexity index is 832. The lowest BCUT2D eigenvalue weighted by molar-refractivity contribution is 0.0477. The van der Waals surface area contributed by atoms with Crippen molar-refractivity contribution >= 4 is 9.84 Å². The van der Waals surface area contributed by atoms with Crippen molar-refractivity contribution < 1.29 is 17.9 Å². The molecule has 0 radical (unpaired) electrons. The maximum atomic E-state index is 12.4. The van der Waals surface area contributed by atoms with E-state index in [-0.39, 0.29) is 23.6 Å². The van der Waals surface area contributed by atoms with E-state index >= 15 is 0 Å². The molecule has 0 amide bonds. The molecule has 0 aromatic heterocycles. The Morgan fingerprint density at radius 3 is 2.48 bits per heavy atom. The molecular weight excluding hydrogens is 364 g/mol. The summed E-state index contributed by atoms with van der Waals surface area (Å²) in [5.74, 6) is 2.11. The largest absolute Gasteiger partial charge is 0.486 e. The van der Waals surface area contributed by atoms with Crippen molar-refractivity contribution in [2.75, 3.05) is 44.4 Å². The van der Waals surface area contributed by atoms with Gasteiger partial charge < -0.3 is 9.47 Å². The number of allylic oxidation sites excluding steroid dienone is 1. The number of hydrogen-bond acceptors (Lipinski definition) is 6. The van der Waals surface area contributed by atoms with Gasteiger partial charge in [-0.15, -0.1) is 0 Å². The maximum absolute atomic E-state index is 12.4. The summed E-state index contributed by atoms with van der Waals surface area (Å²) in [4.78, 5) is 4.67. The van der Waals surface area contributed by atoms with Crippen LogP contribution in [0.15, 0.2) is 29.8 Å². The number of benzene rings is 1. The van der Waals surface area contributed by atoms with Crippen molar-refractivity contribution in [1.82, 2.24) is 9.80 Å². The molecule has 3 aliphatic rings. The van der Waals surface area contributed by atoms with Crippen LogP contribution in [0.4, 0.5) is 0 Å². The van der Waals surface area contributed by atoms with E-state index < -0.39 is 9.84 Å². The molecule has 3 heterocycles. The van der Waals surface area contributed by atoms with E-state index in [9.17, 15) is 8.42 Å². The fourth-order valence-corrected chi connectivity index (χ4v) is 6.28. The zero-order valence-corrected chi connectivity index (χ0v) is 16.9. The van der Waals surface area contributed by atoms with Crippen LogP contribution in [-0.2, 0) is 16.4 Å². The molecule has 0 spiro atoms. The zero-order chi connectivity index (χ0) is 19.0. The van der Waals surface area contributed by atoms with Gasteiger partial charge in [0.25, 0.3) is 0 Å². The topological polar surface area (TPSA) is 59.1 Å². The molecule has 3 aliphatic heterocycles. The number of nitrogens with zero attached hydrogens (tertiary/aromatic N) is 2. The monoisotopic (exact) mass is 392 g/mol. The first-order valence-corrected chi connectivity index (χ1v) is 11.4. The predicted octanol–water partition coefficient (Wildman–Crippen LogP) is 1.71. The highest BCUT2D eigenvalue weighted by Gasteiger charge is 2.46. The number of ether oxygens (including phenoxy) is 2. The van der Waals surface area contributed by atoms with Crippen molar-refractivity contribution in [2.24, 2.45) is 0 Å². The van der Waals surface area contributed by atoms with Gasteiger partial charge in [0.2, 0.25) is 0 Å². The SMILES string of the molecule is CC(C)=CCN1CCN(Cc2ccc3c(c2)OCCO3)C2CS(=O)(=O)CC21. The van der Waals surface area contributed by atoms with Gasteiger partial charge in [-0.25, -0.2) is 8.42 Å². The Balaban J connectivity index is 1.51. The number of hydrogen-bond donors (Lipinski definition) is 0. The third-order valence-corrected chi connectivity index (χ3v) is 7.33. The van der Waals surface area contributed by atoms with Crippen LogP contribution in [0.1, 0.15) is 19.4 Å². The summed E-state index contributed by atoms with van der Waals surface area (Å²) in [6, 6.07) is 6.18. The number of piperazine rings is 1. The molecular formula is C20H28N2O4S. The second kappa shape index (κ2) is 7.45. The lowest BCUT2D eigenvalue weighted by atomic mass is 10.0. The van der Waals surface area contributed by atoms with Crippen LogP contribution in [0.2, 0.25) is 0 Å².